The van der Waals surface area contributed by atoms with Crippen LogP contribution in [0.25, 0.3) is 11.1 Å². The number of carbonyl (C=O) groups excluding carboxylic acids is 1. The van der Waals surface area contributed by atoms with Crippen LogP contribution < -0.4 is 4.74 Å². The lowest BCUT2D eigenvalue weighted by molar-refractivity contribution is 0.0525. The zero-order valence-corrected chi connectivity index (χ0v) is 14.6. The second kappa shape index (κ2) is 7.25. The maximum Gasteiger partial charge on any atom is 0.340 e. The molecular formula is C17H15BrN2O3. The fourth-order valence-corrected chi connectivity index (χ4v) is 2.80. The number of methoxy groups -OCH3 is 1. The van der Waals surface area contributed by atoms with E-state index >= 15 is 0 Å². The lowest BCUT2D eigenvalue weighted by Crippen LogP contribution is -2.12. The number of nitrogens with zero attached hydrogens (tertiary/aromatic N) is 2. The van der Waals surface area contributed by atoms with Crippen LogP contribution in [-0.4, -0.2) is 24.7 Å². The summed E-state index contributed by atoms with van der Waals surface area (Å²) >= 11 is 3.47. The van der Waals surface area contributed by atoms with E-state index in [4.69, 9.17) is 9.47 Å². The van der Waals surface area contributed by atoms with Gasteiger partial charge in [0.2, 0.25) is 5.88 Å². The number of aromatic nitrogens is 1. The molecule has 0 unspecified atom stereocenters. The van der Waals surface area contributed by atoms with Crippen LogP contribution in [0.3, 0.4) is 0 Å². The van der Waals surface area contributed by atoms with Crippen LogP contribution >= 0.6 is 15.9 Å². The van der Waals surface area contributed by atoms with Crippen molar-refractivity contribution in [3.05, 3.63) is 45.6 Å². The van der Waals surface area contributed by atoms with Crippen molar-refractivity contribution in [1.82, 2.24) is 4.98 Å². The molecule has 6 heteroatoms. The number of benzene rings is 1. The summed E-state index contributed by atoms with van der Waals surface area (Å²) in [5, 5.41) is 9.57. The van der Waals surface area contributed by atoms with E-state index in [1.165, 1.54) is 7.11 Å². The minimum Gasteiger partial charge on any atom is -0.480 e. The van der Waals surface area contributed by atoms with Crippen LogP contribution in [0.2, 0.25) is 0 Å². The van der Waals surface area contributed by atoms with E-state index in [0.717, 1.165) is 4.47 Å². The summed E-state index contributed by atoms with van der Waals surface area (Å²) < 4.78 is 11.1. The summed E-state index contributed by atoms with van der Waals surface area (Å²) in [7, 11) is 1.44. The van der Waals surface area contributed by atoms with E-state index in [1.54, 1.807) is 13.8 Å². The normalized spacial score (nSPS) is 10.0. The van der Waals surface area contributed by atoms with Crippen molar-refractivity contribution in [2.45, 2.75) is 13.8 Å². The maximum atomic E-state index is 12.4. The Labute approximate surface area is 143 Å². The molecule has 2 aromatic rings. The van der Waals surface area contributed by atoms with Gasteiger partial charge in [-0.1, -0.05) is 34.1 Å². The Morgan fingerprint density at radius 2 is 2.09 bits per heavy atom. The average Bonchev–Trinajstić information content (AvgIpc) is 2.54. The van der Waals surface area contributed by atoms with Crippen molar-refractivity contribution in [1.29, 1.82) is 5.26 Å². The molecule has 0 atom stereocenters. The number of hydrogen-bond acceptors (Lipinski definition) is 5. The smallest absolute Gasteiger partial charge is 0.340 e. The van der Waals surface area contributed by atoms with E-state index in [0.29, 0.717) is 16.8 Å². The molecule has 0 radical (unpaired) electrons. The molecule has 0 aliphatic carbocycles. The summed E-state index contributed by atoms with van der Waals surface area (Å²) in [5.74, 6) is -0.328. The molecule has 0 saturated carbocycles. The molecule has 0 amide bonds. The average molecular weight is 375 g/mol. The van der Waals surface area contributed by atoms with Gasteiger partial charge >= 0.3 is 5.97 Å². The highest BCUT2D eigenvalue weighted by Gasteiger charge is 2.26. The molecule has 23 heavy (non-hydrogen) atoms. The number of carbonyl (C=O) groups is 1. The Morgan fingerprint density at radius 3 is 2.65 bits per heavy atom. The van der Waals surface area contributed by atoms with Crippen molar-refractivity contribution >= 4 is 21.9 Å². The number of halogens is 1. The summed E-state index contributed by atoms with van der Waals surface area (Å²) in [5.41, 5.74) is 2.09. The SMILES string of the molecule is CCOC(=O)c1c(C)nc(OC)c(C#N)c1-c1ccccc1Br. The molecule has 0 bridgehead atoms. The zero-order valence-electron chi connectivity index (χ0n) is 13.0. The van der Waals surface area contributed by atoms with Crippen LogP contribution in [0.1, 0.15) is 28.5 Å². The van der Waals surface area contributed by atoms with Crippen LogP contribution in [0.5, 0.6) is 5.88 Å². The van der Waals surface area contributed by atoms with Gasteiger partial charge < -0.3 is 9.47 Å². The van der Waals surface area contributed by atoms with Crippen molar-refractivity contribution < 1.29 is 14.3 Å². The Balaban J connectivity index is 2.90. The Kier molecular flexibility index (Phi) is 5.35. The zero-order chi connectivity index (χ0) is 17.0. The van der Waals surface area contributed by atoms with Gasteiger partial charge in [-0.05, 0) is 25.5 Å². The Bertz CT molecular complexity index is 797. The topological polar surface area (TPSA) is 72.2 Å². The predicted molar refractivity (Wildman–Crippen MR) is 89.3 cm³/mol. The molecule has 0 aliphatic heterocycles. The molecule has 2 rings (SSSR count). The van der Waals surface area contributed by atoms with Gasteiger partial charge in [0.1, 0.15) is 11.6 Å². The van der Waals surface area contributed by atoms with E-state index in [2.05, 4.69) is 27.0 Å². The third kappa shape index (κ3) is 3.20. The van der Waals surface area contributed by atoms with Crippen LogP contribution in [0.4, 0.5) is 0 Å². The summed E-state index contributed by atoms with van der Waals surface area (Å²) in [6.45, 7) is 3.66. The fraction of sp³-hybridized carbons (Fsp3) is 0.235. The van der Waals surface area contributed by atoms with Gasteiger partial charge in [0, 0.05) is 10.0 Å². The minimum absolute atomic E-state index is 0.184. The number of ether oxygens (including phenoxy) is 2. The van der Waals surface area contributed by atoms with Gasteiger partial charge in [0.05, 0.1) is 25.0 Å². The van der Waals surface area contributed by atoms with Gasteiger partial charge in [0.15, 0.2) is 0 Å². The monoisotopic (exact) mass is 374 g/mol. The minimum atomic E-state index is -0.512. The number of hydrogen-bond donors (Lipinski definition) is 0. The molecule has 0 N–H and O–H groups in total. The second-order valence-corrected chi connectivity index (χ2v) is 5.50. The maximum absolute atomic E-state index is 12.4. The lowest BCUT2D eigenvalue weighted by atomic mass is 9.94. The van der Waals surface area contributed by atoms with Gasteiger partial charge in [-0.25, -0.2) is 9.78 Å². The third-order valence-corrected chi connectivity index (χ3v) is 3.96. The first-order valence-electron chi connectivity index (χ1n) is 6.95. The van der Waals surface area contributed by atoms with Crippen LogP contribution in [0, 0.1) is 18.3 Å². The van der Waals surface area contributed by atoms with E-state index < -0.39 is 5.97 Å². The molecule has 0 aliphatic rings. The van der Waals surface area contributed by atoms with Crippen LogP contribution in [0.15, 0.2) is 28.7 Å². The van der Waals surface area contributed by atoms with Crippen molar-refractivity contribution in [2.24, 2.45) is 0 Å². The van der Waals surface area contributed by atoms with Gasteiger partial charge in [-0.3, -0.25) is 0 Å². The predicted octanol–water partition coefficient (Wildman–Crippen LogP) is 3.88. The largest absolute Gasteiger partial charge is 0.480 e. The molecule has 1 aromatic heterocycles. The number of pyridine rings is 1. The van der Waals surface area contributed by atoms with Crippen molar-refractivity contribution in [3.63, 3.8) is 0 Å². The number of rotatable bonds is 4. The molecule has 5 nitrogen and oxygen atoms in total. The second-order valence-electron chi connectivity index (χ2n) is 4.64. The molecule has 0 fully saturated rings. The van der Waals surface area contributed by atoms with E-state index in [1.807, 2.05) is 24.3 Å². The number of nitriles is 1. The van der Waals surface area contributed by atoms with Crippen molar-refractivity contribution in [2.75, 3.05) is 13.7 Å². The van der Waals surface area contributed by atoms with Gasteiger partial charge in [-0.2, -0.15) is 5.26 Å². The highest BCUT2D eigenvalue weighted by atomic mass is 79.9. The summed E-state index contributed by atoms with van der Waals surface area (Å²) in [6.07, 6.45) is 0. The Morgan fingerprint density at radius 1 is 1.39 bits per heavy atom. The van der Waals surface area contributed by atoms with Crippen LogP contribution in [-0.2, 0) is 4.74 Å². The van der Waals surface area contributed by atoms with Gasteiger partial charge in [0.25, 0.3) is 0 Å². The molecule has 0 saturated heterocycles. The third-order valence-electron chi connectivity index (χ3n) is 3.27. The molecular weight excluding hydrogens is 360 g/mol. The highest BCUT2D eigenvalue weighted by Crippen LogP contribution is 2.38. The fourth-order valence-electron chi connectivity index (χ4n) is 2.31. The lowest BCUT2D eigenvalue weighted by Gasteiger charge is -2.16. The highest BCUT2D eigenvalue weighted by molar-refractivity contribution is 9.10. The first-order chi connectivity index (χ1) is 11.0. The van der Waals surface area contributed by atoms with E-state index in [-0.39, 0.29) is 23.6 Å². The number of esters is 1. The standard InChI is InChI=1S/C17H15BrN2O3/c1-4-23-17(21)14-10(2)20-16(22-3)12(9-19)15(14)11-7-5-6-8-13(11)18/h5-8H,4H2,1-3H3. The number of aryl methyl sites for hydroxylation is 1. The summed E-state index contributed by atoms with van der Waals surface area (Å²) in [4.78, 5) is 16.6. The van der Waals surface area contributed by atoms with E-state index in [9.17, 15) is 10.1 Å². The summed E-state index contributed by atoms with van der Waals surface area (Å²) in [6, 6.07) is 9.44. The Hall–Kier alpha value is -2.39. The van der Waals surface area contributed by atoms with Gasteiger partial charge in [-0.15, -0.1) is 0 Å². The molecule has 0 spiro atoms. The first kappa shape index (κ1) is 17.0. The molecule has 118 valence electrons. The van der Waals surface area contributed by atoms with Crippen molar-refractivity contribution in [3.8, 4) is 23.1 Å². The first-order valence-corrected chi connectivity index (χ1v) is 7.75. The molecule has 1 aromatic carbocycles. The molecule has 1 heterocycles. The quantitative estimate of drug-likeness (QED) is 0.759.